The Bertz CT molecular complexity index is 952. The number of aryl methyl sites for hydroxylation is 1. The molecule has 0 unspecified atom stereocenters. The predicted octanol–water partition coefficient (Wildman–Crippen LogP) is -2.08. The zero-order valence-corrected chi connectivity index (χ0v) is 15.6. The van der Waals surface area contributed by atoms with Crippen molar-refractivity contribution >= 4 is 24.9 Å². The van der Waals surface area contributed by atoms with Crippen LogP contribution >= 0.6 is 7.82 Å². The van der Waals surface area contributed by atoms with Crippen LogP contribution in [0, 0.1) is 0 Å². The van der Waals surface area contributed by atoms with Crippen molar-refractivity contribution in [1.82, 2.24) is 19.1 Å². The maximum atomic E-state index is 12.2. The molecular weight excluding hydrogens is 385 g/mol. The normalized spacial score (nSPS) is 26.0. The lowest BCUT2D eigenvalue weighted by atomic mass is 10.1. The molecule has 3 rings (SSSR count). The fraction of sp³-hybridized carbons (Fsp3) is 0.615. The summed E-state index contributed by atoms with van der Waals surface area (Å²) in [6, 6.07) is 0. The second kappa shape index (κ2) is 6.95. The van der Waals surface area contributed by atoms with Crippen molar-refractivity contribution in [3.05, 3.63) is 16.7 Å². The molecule has 0 bridgehead atoms. The van der Waals surface area contributed by atoms with Gasteiger partial charge in [-0.3, -0.25) is 18.5 Å². The number of aliphatic hydroxyl groups is 2. The van der Waals surface area contributed by atoms with Crippen molar-refractivity contribution in [3.8, 4) is 0 Å². The van der Waals surface area contributed by atoms with Crippen LogP contribution in [0.2, 0.25) is 0 Å². The smallest absolute Gasteiger partial charge is 0.394 e. The fourth-order valence-electron chi connectivity index (χ4n) is 3.12. The van der Waals surface area contributed by atoms with E-state index in [1.54, 1.807) is 30.6 Å². The van der Waals surface area contributed by atoms with Gasteiger partial charge in [0.25, 0.3) is 0 Å². The maximum absolute atomic E-state index is 12.2. The van der Waals surface area contributed by atoms with Crippen LogP contribution in [-0.4, -0.2) is 78.1 Å². The molecule has 0 radical (unpaired) electrons. The number of phosphoric acid groups is 1. The van der Waals surface area contributed by atoms with Crippen molar-refractivity contribution in [3.63, 3.8) is 0 Å². The van der Waals surface area contributed by atoms with Crippen LogP contribution in [0.1, 0.15) is 6.23 Å². The lowest BCUT2D eigenvalue weighted by molar-refractivity contribution is -0.0511. The molecule has 0 spiro atoms. The standard InChI is InChI=1S/C13H20N5O8P/c1-16(2)13-15-10(21)7-11(17(13)3)18(5-14-7)12-8(20)9(6(4-19)25-12)26-27(22,23)24/h5-6,8-9,12,19-20H,4H2,1-3H3,(H2,22,23,24)/t6-,8-,9-,12-/m1/s1. The highest BCUT2D eigenvalue weighted by molar-refractivity contribution is 7.46. The molecule has 1 saturated heterocycles. The Labute approximate surface area is 152 Å². The van der Waals surface area contributed by atoms with Crippen LogP contribution in [0.15, 0.2) is 11.1 Å². The van der Waals surface area contributed by atoms with Gasteiger partial charge in [-0.2, -0.15) is 4.98 Å². The van der Waals surface area contributed by atoms with Gasteiger partial charge in [-0.05, 0) is 0 Å². The molecule has 2 aromatic heterocycles. The van der Waals surface area contributed by atoms with E-state index in [-0.39, 0.29) is 11.2 Å². The first-order chi connectivity index (χ1) is 12.5. The van der Waals surface area contributed by atoms with Crippen molar-refractivity contribution in [2.45, 2.75) is 24.5 Å². The van der Waals surface area contributed by atoms with Crippen molar-refractivity contribution < 1.29 is 33.8 Å². The highest BCUT2D eigenvalue weighted by Gasteiger charge is 2.48. The number of aliphatic hydroxyl groups excluding tert-OH is 2. The number of phosphoric ester groups is 1. The Hall–Kier alpha value is -1.86. The average Bonchev–Trinajstić information content (AvgIpc) is 3.12. The van der Waals surface area contributed by atoms with Gasteiger partial charge in [0.1, 0.15) is 18.3 Å². The van der Waals surface area contributed by atoms with Gasteiger partial charge in [0, 0.05) is 21.1 Å². The number of hydrogen-bond donors (Lipinski definition) is 4. The second-order valence-corrected chi connectivity index (χ2v) is 7.49. The first-order valence-corrected chi connectivity index (χ1v) is 9.37. The number of ether oxygens (including phenoxy) is 1. The summed E-state index contributed by atoms with van der Waals surface area (Å²) >= 11 is 0. The fourth-order valence-corrected chi connectivity index (χ4v) is 3.70. The third kappa shape index (κ3) is 3.50. The molecular formula is C13H20N5O8P. The summed E-state index contributed by atoms with van der Waals surface area (Å²) in [7, 11) is 0.0861. The van der Waals surface area contributed by atoms with Crippen molar-refractivity contribution in [2.75, 3.05) is 25.6 Å². The summed E-state index contributed by atoms with van der Waals surface area (Å²) in [5, 5.41) is 19.9. The third-order valence-electron chi connectivity index (χ3n) is 4.21. The number of nitrogens with zero attached hydrogens (tertiary/aromatic N) is 5. The zero-order chi connectivity index (χ0) is 20.1. The summed E-state index contributed by atoms with van der Waals surface area (Å²) in [5.74, 6) is 0.323. The van der Waals surface area contributed by atoms with E-state index < -0.39 is 44.5 Å². The minimum absolute atomic E-state index is 0.0267. The Morgan fingerprint density at radius 2 is 2.07 bits per heavy atom. The van der Waals surface area contributed by atoms with Gasteiger partial charge in [0.15, 0.2) is 17.4 Å². The average molecular weight is 405 g/mol. The van der Waals surface area contributed by atoms with Crippen molar-refractivity contribution in [2.24, 2.45) is 7.05 Å². The van der Waals surface area contributed by atoms with Crippen LogP contribution in [0.5, 0.6) is 0 Å². The molecule has 0 aliphatic carbocycles. The van der Waals surface area contributed by atoms with E-state index in [1.165, 1.54) is 10.9 Å². The first kappa shape index (κ1) is 19.9. The lowest BCUT2D eigenvalue weighted by Gasteiger charge is -2.21. The van der Waals surface area contributed by atoms with Gasteiger partial charge >= 0.3 is 13.4 Å². The number of rotatable bonds is 5. The SMILES string of the molecule is CN(C)c1nc(=O)c2ncn([C@@H]3O[C@H](CO)[C@@H](OP(=O)(O)O)[C@H]3O)c2n1C. The van der Waals surface area contributed by atoms with Gasteiger partial charge in [-0.1, -0.05) is 0 Å². The van der Waals surface area contributed by atoms with Crippen LogP contribution in [-0.2, 0) is 20.9 Å². The van der Waals surface area contributed by atoms with Crippen LogP contribution in [0.4, 0.5) is 5.95 Å². The van der Waals surface area contributed by atoms with Crippen LogP contribution in [0.3, 0.4) is 0 Å². The van der Waals surface area contributed by atoms with Crippen LogP contribution in [0.25, 0.3) is 11.2 Å². The molecule has 13 nitrogen and oxygen atoms in total. The molecule has 0 amide bonds. The van der Waals surface area contributed by atoms with Crippen LogP contribution < -0.4 is 10.5 Å². The number of hydrogen-bond acceptors (Lipinski definition) is 9. The van der Waals surface area contributed by atoms with E-state index in [0.29, 0.717) is 5.95 Å². The highest BCUT2D eigenvalue weighted by Crippen LogP contribution is 2.44. The summed E-state index contributed by atoms with van der Waals surface area (Å²) in [4.78, 5) is 39.9. The monoisotopic (exact) mass is 405 g/mol. The quantitative estimate of drug-likeness (QED) is 0.402. The molecule has 4 N–H and O–H groups in total. The van der Waals surface area contributed by atoms with E-state index in [2.05, 4.69) is 14.5 Å². The molecule has 0 aromatic carbocycles. The van der Waals surface area contributed by atoms with E-state index in [1.807, 2.05) is 0 Å². The predicted molar refractivity (Wildman–Crippen MR) is 91.0 cm³/mol. The summed E-state index contributed by atoms with van der Waals surface area (Å²) < 4.78 is 24.2. The molecule has 27 heavy (non-hydrogen) atoms. The zero-order valence-electron chi connectivity index (χ0n) is 14.7. The molecule has 1 fully saturated rings. The van der Waals surface area contributed by atoms with Gasteiger partial charge in [0.2, 0.25) is 5.95 Å². The molecule has 3 heterocycles. The third-order valence-corrected chi connectivity index (χ3v) is 4.73. The second-order valence-electron chi connectivity index (χ2n) is 6.29. The number of fused-ring (bicyclic) bond motifs is 1. The van der Waals surface area contributed by atoms with Gasteiger partial charge in [-0.25, -0.2) is 9.55 Å². The topological polar surface area (TPSA) is 172 Å². The number of anilines is 1. The Kier molecular flexibility index (Phi) is 5.12. The van der Waals surface area contributed by atoms with Crippen molar-refractivity contribution in [1.29, 1.82) is 0 Å². The maximum Gasteiger partial charge on any atom is 0.470 e. The van der Waals surface area contributed by atoms with E-state index in [0.717, 1.165) is 0 Å². The van der Waals surface area contributed by atoms with E-state index in [4.69, 9.17) is 14.5 Å². The molecule has 150 valence electrons. The molecule has 1 aliphatic heterocycles. The lowest BCUT2D eigenvalue weighted by Crippen LogP contribution is -2.35. The van der Waals surface area contributed by atoms with Gasteiger partial charge < -0.3 is 29.6 Å². The molecule has 2 aromatic rings. The van der Waals surface area contributed by atoms with Gasteiger partial charge in [0.05, 0.1) is 12.9 Å². The minimum Gasteiger partial charge on any atom is -0.394 e. The number of imidazole rings is 1. The van der Waals surface area contributed by atoms with Gasteiger partial charge in [-0.15, -0.1) is 0 Å². The molecule has 4 atom stereocenters. The minimum atomic E-state index is -4.94. The molecule has 1 aliphatic rings. The Balaban J connectivity index is 2.10. The molecule has 14 heteroatoms. The Morgan fingerprint density at radius 1 is 1.41 bits per heavy atom. The Morgan fingerprint density at radius 3 is 2.63 bits per heavy atom. The van der Waals surface area contributed by atoms with E-state index >= 15 is 0 Å². The summed E-state index contributed by atoms with van der Waals surface area (Å²) in [6.45, 7) is -0.645. The summed E-state index contributed by atoms with van der Waals surface area (Å²) in [5.41, 5.74) is -0.283. The molecule has 0 saturated carbocycles. The van der Waals surface area contributed by atoms with E-state index in [9.17, 15) is 19.6 Å². The highest BCUT2D eigenvalue weighted by atomic mass is 31.2. The number of aromatic nitrogens is 4. The first-order valence-electron chi connectivity index (χ1n) is 7.84. The largest absolute Gasteiger partial charge is 0.470 e. The summed E-state index contributed by atoms with van der Waals surface area (Å²) in [6.07, 6.45) is -4.17.